The summed E-state index contributed by atoms with van der Waals surface area (Å²) in [5, 5.41) is 0. The van der Waals surface area contributed by atoms with E-state index in [1.54, 1.807) is 0 Å². The van der Waals surface area contributed by atoms with Crippen LogP contribution in [0.1, 0.15) is 30.4 Å². The Balaban J connectivity index is 3.12. The standard InChI is InChI=1S/C15H20O4/c1-5-12(11-8-6-10(2)7-9-11)13(14(16)18-3)15(17)19-4/h6-9,12-13H,5H2,1-4H3. The fraction of sp³-hybridized carbons (Fsp3) is 0.467. The van der Waals surface area contributed by atoms with E-state index in [1.165, 1.54) is 14.2 Å². The molecule has 19 heavy (non-hydrogen) atoms. The number of aryl methyl sites for hydroxylation is 1. The van der Waals surface area contributed by atoms with Gasteiger partial charge in [-0.05, 0) is 18.9 Å². The number of hydrogen-bond donors (Lipinski definition) is 0. The number of esters is 2. The molecule has 1 atom stereocenters. The van der Waals surface area contributed by atoms with Gasteiger partial charge in [-0.25, -0.2) is 0 Å². The Morgan fingerprint density at radius 2 is 1.53 bits per heavy atom. The average molecular weight is 264 g/mol. The van der Waals surface area contributed by atoms with Gasteiger partial charge in [-0.3, -0.25) is 9.59 Å². The molecule has 0 aliphatic rings. The quantitative estimate of drug-likeness (QED) is 0.605. The first kappa shape index (κ1) is 15.2. The van der Waals surface area contributed by atoms with Crippen LogP contribution >= 0.6 is 0 Å². The lowest BCUT2D eigenvalue weighted by Gasteiger charge is -2.22. The lowest BCUT2D eigenvalue weighted by Crippen LogP contribution is -2.32. The number of carbonyl (C=O) groups excluding carboxylic acids is 2. The van der Waals surface area contributed by atoms with E-state index in [9.17, 15) is 9.59 Å². The Morgan fingerprint density at radius 3 is 1.89 bits per heavy atom. The molecule has 1 rings (SSSR count). The number of benzene rings is 1. The van der Waals surface area contributed by atoms with Crippen molar-refractivity contribution in [1.82, 2.24) is 0 Å². The van der Waals surface area contributed by atoms with Crippen LogP contribution in [0.15, 0.2) is 24.3 Å². The summed E-state index contributed by atoms with van der Waals surface area (Å²) in [5.74, 6) is -2.26. The molecule has 0 aromatic heterocycles. The number of rotatable bonds is 5. The van der Waals surface area contributed by atoms with Crippen molar-refractivity contribution in [3.8, 4) is 0 Å². The molecule has 4 heteroatoms. The summed E-state index contributed by atoms with van der Waals surface area (Å²) in [6.07, 6.45) is 0.651. The highest BCUT2D eigenvalue weighted by molar-refractivity contribution is 5.96. The summed E-state index contributed by atoms with van der Waals surface area (Å²) in [4.78, 5) is 23.7. The van der Waals surface area contributed by atoms with Gasteiger partial charge in [-0.15, -0.1) is 0 Å². The Morgan fingerprint density at radius 1 is 1.05 bits per heavy atom. The van der Waals surface area contributed by atoms with Gasteiger partial charge >= 0.3 is 11.9 Å². The van der Waals surface area contributed by atoms with Crippen molar-refractivity contribution in [3.63, 3.8) is 0 Å². The lowest BCUT2D eigenvalue weighted by molar-refractivity contribution is -0.160. The molecule has 0 N–H and O–H groups in total. The largest absolute Gasteiger partial charge is 0.468 e. The zero-order valence-electron chi connectivity index (χ0n) is 11.8. The molecule has 0 saturated heterocycles. The molecule has 4 nitrogen and oxygen atoms in total. The Labute approximate surface area is 113 Å². The van der Waals surface area contributed by atoms with E-state index < -0.39 is 17.9 Å². The van der Waals surface area contributed by atoms with E-state index >= 15 is 0 Å². The van der Waals surface area contributed by atoms with Gasteiger partial charge in [0.05, 0.1) is 14.2 Å². The molecule has 1 aromatic carbocycles. The minimum Gasteiger partial charge on any atom is -0.468 e. The van der Waals surface area contributed by atoms with Crippen LogP contribution in [-0.2, 0) is 19.1 Å². The second kappa shape index (κ2) is 6.92. The number of ether oxygens (including phenoxy) is 2. The molecule has 0 radical (unpaired) electrons. The van der Waals surface area contributed by atoms with Crippen LogP contribution in [0.5, 0.6) is 0 Å². The second-order valence-electron chi connectivity index (χ2n) is 4.45. The maximum atomic E-state index is 11.8. The van der Waals surface area contributed by atoms with Crippen LogP contribution in [0.2, 0.25) is 0 Å². The van der Waals surface area contributed by atoms with Crippen LogP contribution in [0, 0.1) is 12.8 Å². The average Bonchev–Trinajstić information content (AvgIpc) is 2.44. The van der Waals surface area contributed by atoms with Crippen LogP contribution in [0.3, 0.4) is 0 Å². The highest BCUT2D eigenvalue weighted by Gasteiger charge is 2.36. The topological polar surface area (TPSA) is 52.6 Å². The molecular weight excluding hydrogens is 244 g/mol. The van der Waals surface area contributed by atoms with E-state index in [1.807, 2.05) is 38.1 Å². The highest BCUT2D eigenvalue weighted by atomic mass is 16.5. The molecule has 104 valence electrons. The van der Waals surface area contributed by atoms with Crippen LogP contribution < -0.4 is 0 Å². The molecule has 0 bridgehead atoms. The molecule has 0 heterocycles. The van der Waals surface area contributed by atoms with E-state index in [0.29, 0.717) is 6.42 Å². The molecule has 0 aliphatic heterocycles. The molecule has 1 unspecified atom stereocenters. The first-order valence-corrected chi connectivity index (χ1v) is 6.27. The normalized spacial score (nSPS) is 12.1. The molecule has 1 aromatic rings. The van der Waals surface area contributed by atoms with E-state index in [2.05, 4.69) is 0 Å². The Bertz CT molecular complexity index is 420. The predicted octanol–water partition coefficient (Wildman–Crippen LogP) is 2.45. The molecule has 0 amide bonds. The zero-order valence-corrected chi connectivity index (χ0v) is 11.8. The molecular formula is C15H20O4. The van der Waals surface area contributed by atoms with E-state index in [4.69, 9.17) is 9.47 Å². The summed E-state index contributed by atoms with van der Waals surface area (Å²) in [6.45, 7) is 3.92. The summed E-state index contributed by atoms with van der Waals surface area (Å²) in [6, 6.07) is 7.79. The van der Waals surface area contributed by atoms with Crippen molar-refractivity contribution >= 4 is 11.9 Å². The van der Waals surface area contributed by atoms with Gasteiger partial charge in [0.1, 0.15) is 0 Å². The van der Waals surface area contributed by atoms with Gasteiger partial charge in [-0.1, -0.05) is 36.8 Å². The van der Waals surface area contributed by atoms with E-state index in [0.717, 1.165) is 11.1 Å². The summed E-state index contributed by atoms with van der Waals surface area (Å²) >= 11 is 0. The van der Waals surface area contributed by atoms with Crippen molar-refractivity contribution in [2.75, 3.05) is 14.2 Å². The van der Waals surface area contributed by atoms with Crippen molar-refractivity contribution < 1.29 is 19.1 Å². The number of carbonyl (C=O) groups is 2. The van der Waals surface area contributed by atoms with Gasteiger partial charge < -0.3 is 9.47 Å². The summed E-state index contributed by atoms with van der Waals surface area (Å²) in [7, 11) is 2.56. The smallest absolute Gasteiger partial charge is 0.320 e. The number of methoxy groups -OCH3 is 2. The van der Waals surface area contributed by atoms with Gasteiger partial charge in [0.2, 0.25) is 0 Å². The Hall–Kier alpha value is -1.84. The Kier molecular flexibility index (Phi) is 5.55. The van der Waals surface area contributed by atoms with Gasteiger partial charge in [0.15, 0.2) is 5.92 Å². The second-order valence-corrected chi connectivity index (χ2v) is 4.45. The third-order valence-electron chi connectivity index (χ3n) is 3.26. The number of hydrogen-bond acceptors (Lipinski definition) is 4. The third kappa shape index (κ3) is 3.56. The first-order valence-electron chi connectivity index (χ1n) is 6.27. The maximum absolute atomic E-state index is 11.8. The lowest BCUT2D eigenvalue weighted by atomic mass is 9.83. The fourth-order valence-electron chi connectivity index (χ4n) is 2.16. The first-order chi connectivity index (χ1) is 9.04. The zero-order chi connectivity index (χ0) is 14.4. The predicted molar refractivity (Wildman–Crippen MR) is 71.7 cm³/mol. The molecule has 0 spiro atoms. The van der Waals surface area contributed by atoms with Crippen molar-refractivity contribution in [3.05, 3.63) is 35.4 Å². The van der Waals surface area contributed by atoms with Crippen molar-refractivity contribution in [2.45, 2.75) is 26.2 Å². The van der Waals surface area contributed by atoms with Gasteiger partial charge in [0, 0.05) is 5.92 Å². The highest BCUT2D eigenvalue weighted by Crippen LogP contribution is 2.30. The van der Waals surface area contributed by atoms with Gasteiger partial charge in [0.25, 0.3) is 0 Å². The summed E-state index contributed by atoms with van der Waals surface area (Å²) in [5.41, 5.74) is 2.07. The fourth-order valence-corrected chi connectivity index (χ4v) is 2.16. The SMILES string of the molecule is CCC(c1ccc(C)cc1)C(C(=O)OC)C(=O)OC. The molecule has 0 aliphatic carbocycles. The van der Waals surface area contributed by atoms with Crippen LogP contribution in [0.4, 0.5) is 0 Å². The third-order valence-corrected chi connectivity index (χ3v) is 3.26. The molecule has 0 fully saturated rings. The van der Waals surface area contributed by atoms with Crippen LogP contribution in [-0.4, -0.2) is 26.2 Å². The monoisotopic (exact) mass is 264 g/mol. The minimum absolute atomic E-state index is 0.236. The van der Waals surface area contributed by atoms with Crippen molar-refractivity contribution in [1.29, 1.82) is 0 Å². The maximum Gasteiger partial charge on any atom is 0.320 e. The van der Waals surface area contributed by atoms with Gasteiger partial charge in [-0.2, -0.15) is 0 Å². The van der Waals surface area contributed by atoms with Crippen molar-refractivity contribution in [2.24, 2.45) is 5.92 Å². The minimum atomic E-state index is -0.914. The van der Waals surface area contributed by atoms with Crippen LogP contribution in [0.25, 0.3) is 0 Å². The summed E-state index contributed by atoms with van der Waals surface area (Å²) < 4.78 is 9.45. The van der Waals surface area contributed by atoms with E-state index in [-0.39, 0.29) is 5.92 Å². The molecule has 0 saturated carbocycles.